The number of rotatable bonds is 3. The number of hydrogen-bond acceptors (Lipinski definition) is 4. The van der Waals surface area contributed by atoms with Gasteiger partial charge in [-0.3, -0.25) is 0 Å². The van der Waals surface area contributed by atoms with Crippen LogP contribution in [0.1, 0.15) is 10.4 Å². The number of nitrogens with zero attached hydrogens (tertiary/aromatic N) is 2. The third kappa shape index (κ3) is 2.41. The zero-order valence-corrected chi connectivity index (χ0v) is 10.2. The van der Waals surface area contributed by atoms with Gasteiger partial charge in [-0.1, -0.05) is 23.7 Å². The normalized spacial score (nSPS) is 10.1. The monoisotopic (exact) mass is 264 g/mol. The molecule has 2 rings (SSSR count). The summed E-state index contributed by atoms with van der Waals surface area (Å²) in [7, 11) is 1.34. The van der Waals surface area contributed by atoms with E-state index in [1.807, 2.05) is 0 Å². The molecule has 0 radical (unpaired) electrons. The Morgan fingerprint density at radius 2 is 2.11 bits per heavy atom. The molecule has 2 aromatic rings. The Kier molecular flexibility index (Phi) is 3.43. The Bertz CT molecular complexity index is 602. The molecule has 0 spiro atoms. The average Bonchev–Trinajstić information content (AvgIpc) is 2.38. The van der Waals surface area contributed by atoms with Crippen molar-refractivity contribution in [2.24, 2.45) is 0 Å². The lowest BCUT2D eigenvalue weighted by atomic mass is 10.1. The summed E-state index contributed by atoms with van der Waals surface area (Å²) in [6.45, 7) is 0. The molecule has 0 unspecified atom stereocenters. The van der Waals surface area contributed by atoms with Gasteiger partial charge in [-0.25, -0.2) is 4.79 Å². The number of benzene rings is 1. The van der Waals surface area contributed by atoms with Crippen LogP contribution in [0.4, 0.5) is 0 Å². The maximum Gasteiger partial charge on any atom is 0.341 e. The molecule has 1 aromatic heterocycles. The van der Waals surface area contributed by atoms with Crippen LogP contribution in [0.5, 0.6) is 5.88 Å². The Hall–Kier alpha value is -2.14. The maximum absolute atomic E-state index is 11.1. The zero-order chi connectivity index (χ0) is 13.1. The Balaban J connectivity index is 2.53. The lowest BCUT2D eigenvalue weighted by Crippen LogP contribution is -2.04. The molecule has 0 saturated carbocycles. The van der Waals surface area contributed by atoms with E-state index in [2.05, 4.69) is 10.2 Å². The third-order valence-electron chi connectivity index (χ3n) is 2.30. The first-order chi connectivity index (χ1) is 8.61. The van der Waals surface area contributed by atoms with Crippen LogP contribution in [-0.2, 0) is 0 Å². The van der Waals surface area contributed by atoms with Crippen molar-refractivity contribution in [3.63, 3.8) is 0 Å². The Labute approximate surface area is 108 Å². The van der Waals surface area contributed by atoms with E-state index in [9.17, 15) is 4.79 Å². The molecule has 0 bridgehead atoms. The van der Waals surface area contributed by atoms with Gasteiger partial charge in [-0.05, 0) is 18.2 Å². The average molecular weight is 265 g/mol. The number of aromatic carboxylic acids is 1. The predicted molar refractivity (Wildman–Crippen MR) is 66.0 cm³/mol. The zero-order valence-electron chi connectivity index (χ0n) is 9.42. The molecule has 0 atom stereocenters. The highest BCUT2D eigenvalue weighted by molar-refractivity contribution is 6.30. The third-order valence-corrected chi connectivity index (χ3v) is 2.54. The molecule has 0 fully saturated rings. The molecule has 92 valence electrons. The highest BCUT2D eigenvalue weighted by Crippen LogP contribution is 2.24. The minimum absolute atomic E-state index is 0.0201. The number of aromatic nitrogens is 2. The first kappa shape index (κ1) is 12.3. The molecule has 18 heavy (non-hydrogen) atoms. The highest BCUT2D eigenvalue weighted by Gasteiger charge is 2.15. The maximum atomic E-state index is 11.1. The molecular weight excluding hydrogens is 256 g/mol. The van der Waals surface area contributed by atoms with Gasteiger partial charge in [-0.15, -0.1) is 10.2 Å². The van der Waals surface area contributed by atoms with Crippen LogP contribution in [-0.4, -0.2) is 28.4 Å². The molecule has 0 aliphatic rings. The lowest BCUT2D eigenvalue weighted by Gasteiger charge is -2.05. The topological polar surface area (TPSA) is 72.3 Å². The Morgan fingerprint density at radius 1 is 1.33 bits per heavy atom. The molecular formula is C12H9ClN2O3. The number of methoxy groups -OCH3 is 1. The molecule has 1 aromatic carbocycles. The summed E-state index contributed by atoms with van der Waals surface area (Å²) < 4.78 is 4.84. The fraction of sp³-hybridized carbons (Fsp3) is 0.0833. The lowest BCUT2D eigenvalue weighted by molar-refractivity contribution is 0.0692. The molecule has 0 saturated heterocycles. The second kappa shape index (κ2) is 5.01. The van der Waals surface area contributed by atoms with E-state index in [1.165, 1.54) is 13.2 Å². The van der Waals surface area contributed by atoms with E-state index in [0.29, 0.717) is 16.3 Å². The molecule has 6 heteroatoms. The van der Waals surface area contributed by atoms with Gasteiger partial charge in [0.2, 0.25) is 5.88 Å². The van der Waals surface area contributed by atoms with Crippen molar-refractivity contribution in [2.45, 2.75) is 0 Å². The Morgan fingerprint density at radius 3 is 2.72 bits per heavy atom. The van der Waals surface area contributed by atoms with Gasteiger partial charge < -0.3 is 9.84 Å². The van der Waals surface area contributed by atoms with Crippen molar-refractivity contribution < 1.29 is 14.6 Å². The number of carboxylic acid groups (broad SMARTS) is 1. The summed E-state index contributed by atoms with van der Waals surface area (Å²) in [5.74, 6) is -1.14. The van der Waals surface area contributed by atoms with Crippen LogP contribution in [0.15, 0.2) is 30.3 Å². The fourth-order valence-corrected chi connectivity index (χ4v) is 1.66. The van der Waals surface area contributed by atoms with Gasteiger partial charge in [0.15, 0.2) is 0 Å². The van der Waals surface area contributed by atoms with Gasteiger partial charge in [0.1, 0.15) is 5.56 Å². The van der Waals surface area contributed by atoms with Crippen molar-refractivity contribution in [2.75, 3.05) is 7.11 Å². The van der Waals surface area contributed by atoms with Crippen LogP contribution in [0.25, 0.3) is 11.3 Å². The number of halogens is 1. The summed E-state index contributed by atoms with van der Waals surface area (Å²) in [4.78, 5) is 11.1. The fourth-order valence-electron chi connectivity index (χ4n) is 1.47. The smallest absolute Gasteiger partial charge is 0.341 e. The molecule has 0 aliphatic carbocycles. The second-order valence-corrected chi connectivity index (χ2v) is 3.90. The number of hydrogen-bond donors (Lipinski definition) is 1. The highest BCUT2D eigenvalue weighted by atomic mass is 35.5. The molecule has 0 amide bonds. The van der Waals surface area contributed by atoms with Gasteiger partial charge in [0.05, 0.1) is 12.8 Å². The van der Waals surface area contributed by atoms with Crippen LogP contribution < -0.4 is 4.74 Å². The van der Waals surface area contributed by atoms with E-state index < -0.39 is 5.97 Å². The van der Waals surface area contributed by atoms with Gasteiger partial charge in [0.25, 0.3) is 0 Å². The van der Waals surface area contributed by atoms with Gasteiger partial charge >= 0.3 is 5.97 Å². The minimum atomic E-state index is -1.12. The number of carboxylic acids is 1. The van der Waals surface area contributed by atoms with Crippen LogP contribution in [0.3, 0.4) is 0 Å². The van der Waals surface area contributed by atoms with Crippen LogP contribution >= 0.6 is 11.6 Å². The van der Waals surface area contributed by atoms with Crippen molar-refractivity contribution in [1.29, 1.82) is 0 Å². The SMILES string of the molecule is COc1nnc(-c2cccc(Cl)c2)cc1C(=O)O. The van der Waals surface area contributed by atoms with Crippen molar-refractivity contribution in [1.82, 2.24) is 10.2 Å². The molecule has 0 aliphatic heterocycles. The summed E-state index contributed by atoms with van der Waals surface area (Å²) in [6.07, 6.45) is 0. The van der Waals surface area contributed by atoms with Gasteiger partial charge in [-0.2, -0.15) is 0 Å². The quantitative estimate of drug-likeness (QED) is 0.922. The second-order valence-electron chi connectivity index (χ2n) is 3.47. The van der Waals surface area contributed by atoms with Gasteiger partial charge in [0, 0.05) is 10.6 Å². The van der Waals surface area contributed by atoms with E-state index >= 15 is 0 Å². The minimum Gasteiger partial charge on any atom is -0.479 e. The standard InChI is InChI=1S/C12H9ClN2O3/c1-18-11-9(12(16)17)6-10(14-15-11)7-3-2-4-8(13)5-7/h2-6H,1H3,(H,16,17). The summed E-state index contributed by atoms with van der Waals surface area (Å²) in [6, 6.07) is 8.33. The van der Waals surface area contributed by atoms with Crippen molar-refractivity contribution in [3.05, 3.63) is 40.9 Å². The first-order valence-electron chi connectivity index (χ1n) is 5.03. The summed E-state index contributed by atoms with van der Waals surface area (Å²) in [5.41, 5.74) is 1.08. The van der Waals surface area contributed by atoms with E-state index in [1.54, 1.807) is 24.3 Å². The van der Waals surface area contributed by atoms with E-state index in [0.717, 1.165) is 0 Å². The largest absolute Gasteiger partial charge is 0.479 e. The summed E-state index contributed by atoms with van der Waals surface area (Å²) in [5, 5.41) is 17.2. The van der Waals surface area contributed by atoms with Crippen LogP contribution in [0, 0.1) is 0 Å². The van der Waals surface area contributed by atoms with E-state index in [4.69, 9.17) is 21.4 Å². The van der Waals surface area contributed by atoms with Crippen molar-refractivity contribution in [3.8, 4) is 17.1 Å². The number of ether oxygens (including phenoxy) is 1. The van der Waals surface area contributed by atoms with E-state index in [-0.39, 0.29) is 11.4 Å². The molecule has 1 N–H and O–H groups in total. The summed E-state index contributed by atoms with van der Waals surface area (Å²) >= 11 is 5.87. The molecule has 1 heterocycles. The van der Waals surface area contributed by atoms with Crippen LogP contribution in [0.2, 0.25) is 5.02 Å². The predicted octanol–water partition coefficient (Wildman–Crippen LogP) is 2.50. The first-order valence-corrected chi connectivity index (χ1v) is 5.40. The molecule has 5 nitrogen and oxygen atoms in total. The van der Waals surface area contributed by atoms with Crippen molar-refractivity contribution >= 4 is 17.6 Å². The number of carbonyl (C=O) groups is 1.